The fourth-order valence-corrected chi connectivity index (χ4v) is 2.26. The lowest BCUT2D eigenvalue weighted by atomic mass is 10.2. The Kier molecular flexibility index (Phi) is 5.11. The molecule has 0 unspecified atom stereocenters. The second-order valence-electron chi connectivity index (χ2n) is 4.09. The Bertz CT molecular complexity index is 571. The molecule has 0 atom stereocenters. The molecule has 1 aromatic heterocycles. The van der Waals surface area contributed by atoms with Crippen molar-refractivity contribution in [2.75, 3.05) is 0 Å². The molecule has 0 saturated carbocycles. The van der Waals surface area contributed by atoms with Crippen molar-refractivity contribution >= 4 is 17.7 Å². The number of benzene rings is 1. The zero-order valence-electron chi connectivity index (χ0n) is 10.6. The van der Waals surface area contributed by atoms with Gasteiger partial charge in [-0.05, 0) is 30.7 Å². The Balaban J connectivity index is 1.80. The fraction of sp³-hybridized carbons (Fsp3) is 0.308. The number of rotatable bonds is 7. The van der Waals surface area contributed by atoms with Gasteiger partial charge in [-0.1, -0.05) is 5.16 Å². The lowest BCUT2D eigenvalue weighted by Gasteiger charge is -1.97. The highest BCUT2D eigenvalue weighted by Crippen LogP contribution is 2.21. The molecule has 2 aromatic rings. The van der Waals surface area contributed by atoms with Crippen molar-refractivity contribution in [2.24, 2.45) is 0 Å². The monoisotopic (exact) mass is 296 g/mol. The van der Waals surface area contributed by atoms with E-state index in [1.165, 1.54) is 23.9 Å². The van der Waals surface area contributed by atoms with Crippen LogP contribution in [0.3, 0.4) is 0 Å². The summed E-state index contributed by atoms with van der Waals surface area (Å²) >= 11 is 1.48. The van der Waals surface area contributed by atoms with Crippen LogP contribution in [0.4, 0.5) is 4.39 Å². The van der Waals surface area contributed by atoms with Crippen LogP contribution in [0.5, 0.6) is 0 Å². The van der Waals surface area contributed by atoms with Gasteiger partial charge in [0.1, 0.15) is 5.82 Å². The van der Waals surface area contributed by atoms with Crippen molar-refractivity contribution in [3.05, 3.63) is 41.8 Å². The van der Waals surface area contributed by atoms with E-state index in [9.17, 15) is 9.18 Å². The highest BCUT2D eigenvalue weighted by Gasteiger charge is 2.08. The number of carbonyl (C=O) groups is 1. The number of hydrogen-bond donors (Lipinski definition) is 1. The van der Waals surface area contributed by atoms with Crippen LogP contribution >= 0.6 is 11.8 Å². The minimum absolute atomic E-state index is 0.0854. The molecule has 1 heterocycles. The van der Waals surface area contributed by atoms with E-state index in [-0.39, 0.29) is 12.2 Å². The molecule has 106 valence electrons. The predicted octanol–water partition coefficient (Wildman–Crippen LogP) is 2.91. The van der Waals surface area contributed by atoms with Crippen LogP contribution in [0.2, 0.25) is 0 Å². The number of nitrogens with zero attached hydrogens (tertiary/aromatic N) is 2. The number of aromatic nitrogens is 2. The fourth-order valence-electron chi connectivity index (χ4n) is 1.52. The molecule has 0 amide bonds. The van der Waals surface area contributed by atoms with Crippen molar-refractivity contribution in [1.82, 2.24) is 10.1 Å². The molecule has 0 aliphatic carbocycles. The number of hydrogen-bond acceptors (Lipinski definition) is 5. The highest BCUT2D eigenvalue weighted by atomic mass is 32.2. The van der Waals surface area contributed by atoms with Gasteiger partial charge >= 0.3 is 5.97 Å². The number of carboxylic acid groups (broad SMARTS) is 1. The summed E-state index contributed by atoms with van der Waals surface area (Å²) in [7, 11) is 0. The average Bonchev–Trinajstić information content (AvgIpc) is 2.86. The van der Waals surface area contributed by atoms with Crippen molar-refractivity contribution < 1.29 is 18.8 Å². The van der Waals surface area contributed by atoms with Crippen molar-refractivity contribution in [2.45, 2.75) is 29.9 Å². The van der Waals surface area contributed by atoms with Gasteiger partial charge in [0.2, 0.25) is 5.89 Å². The third kappa shape index (κ3) is 4.65. The van der Waals surface area contributed by atoms with Gasteiger partial charge in [-0.25, -0.2) is 4.39 Å². The molecular weight excluding hydrogens is 283 g/mol. The summed E-state index contributed by atoms with van der Waals surface area (Å²) in [5.41, 5.74) is 0. The van der Waals surface area contributed by atoms with Gasteiger partial charge in [0.05, 0.1) is 5.75 Å². The second kappa shape index (κ2) is 7.04. The number of aliphatic carboxylic acids is 1. The van der Waals surface area contributed by atoms with E-state index in [2.05, 4.69) is 10.1 Å². The maximum atomic E-state index is 12.7. The van der Waals surface area contributed by atoms with E-state index in [1.807, 2.05) is 0 Å². The molecule has 20 heavy (non-hydrogen) atoms. The molecule has 0 aliphatic heterocycles. The Hall–Kier alpha value is -1.89. The zero-order chi connectivity index (χ0) is 14.4. The van der Waals surface area contributed by atoms with Crippen LogP contribution in [0.1, 0.15) is 24.6 Å². The Labute approximate surface area is 119 Å². The topological polar surface area (TPSA) is 76.2 Å². The first-order valence-electron chi connectivity index (χ1n) is 6.05. The van der Waals surface area contributed by atoms with Gasteiger partial charge in [0.15, 0.2) is 5.82 Å². The van der Waals surface area contributed by atoms with Gasteiger partial charge in [-0.2, -0.15) is 4.98 Å². The molecule has 7 heteroatoms. The minimum Gasteiger partial charge on any atom is -0.481 e. The quantitative estimate of drug-likeness (QED) is 0.792. The summed E-state index contributed by atoms with van der Waals surface area (Å²) < 4.78 is 17.8. The SMILES string of the molecule is O=C(O)CCCc1nc(CSc2ccc(F)cc2)no1. The second-order valence-corrected chi connectivity index (χ2v) is 5.14. The van der Waals surface area contributed by atoms with E-state index in [0.29, 0.717) is 30.3 Å². The number of carboxylic acids is 1. The summed E-state index contributed by atoms with van der Waals surface area (Å²) in [6.07, 6.45) is 1.02. The highest BCUT2D eigenvalue weighted by molar-refractivity contribution is 7.98. The van der Waals surface area contributed by atoms with Crippen LogP contribution in [0.25, 0.3) is 0 Å². The van der Waals surface area contributed by atoms with Crippen LogP contribution < -0.4 is 0 Å². The van der Waals surface area contributed by atoms with Gasteiger partial charge in [0, 0.05) is 17.7 Å². The summed E-state index contributed by atoms with van der Waals surface area (Å²) in [6.45, 7) is 0. The molecule has 0 saturated heterocycles. The summed E-state index contributed by atoms with van der Waals surface area (Å²) in [5.74, 6) is 0.408. The standard InChI is InChI=1S/C13H13FN2O3S/c14-9-4-6-10(7-5-9)20-8-11-15-12(19-16-11)2-1-3-13(17)18/h4-7H,1-3,8H2,(H,17,18). The number of halogens is 1. The van der Waals surface area contributed by atoms with E-state index >= 15 is 0 Å². The molecule has 2 rings (SSSR count). The molecule has 1 aromatic carbocycles. The first-order valence-corrected chi connectivity index (χ1v) is 7.03. The molecule has 0 spiro atoms. The van der Waals surface area contributed by atoms with E-state index in [1.54, 1.807) is 12.1 Å². The van der Waals surface area contributed by atoms with E-state index in [4.69, 9.17) is 9.63 Å². The van der Waals surface area contributed by atoms with Crippen molar-refractivity contribution in [1.29, 1.82) is 0 Å². The molecule has 0 fully saturated rings. The minimum atomic E-state index is -0.836. The molecule has 1 N–H and O–H groups in total. The molecular formula is C13H13FN2O3S. The van der Waals surface area contributed by atoms with Crippen LogP contribution in [0, 0.1) is 5.82 Å². The van der Waals surface area contributed by atoms with Crippen LogP contribution in [0.15, 0.2) is 33.7 Å². The lowest BCUT2D eigenvalue weighted by molar-refractivity contribution is -0.137. The van der Waals surface area contributed by atoms with Gasteiger partial charge in [-0.3, -0.25) is 4.79 Å². The van der Waals surface area contributed by atoms with Gasteiger partial charge in [0.25, 0.3) is 0 Å². The predicted molar refractivity (Wildman–Crippen MR) is 70.8 cm³/mol. The molecule has 5 nitrogen and oxygen atoms in total. The van der Waals surface area contributed by atoms with E-state index < -0.39 is 5.97 Å². The first-order chi connectivity index (χ1) is 9.63. The Morgan fingerprint density at radius 1 is 1.35 bits per heavy atom. The smallest absolute Gasteiger partial charge is 0.303 e. The average molecular weight is 296 g/mol. The Morgan fingerprint density at radius 2 is 2.10 bits per heavy atom. The molecule has 0 aliphatic rings. The maximum Gasteiger partial charge on any atom is 0.303 e. The summed E-state index contributed by atoms with van der Waals surface area (Å²) in [4.78, 5) is 15.5. The van der Waals surface area contributed by atoms with Crippen LogP contribution in [-0.2, 0) is 17.0 Å². The Morgan fingerprint density at radius 3 is 2.80 bits per heavy atom. The molecule has 0 radical (unpaired) electrons. The first kappa shape index (κ1) is 14.5. The number of aryl methyl sites for hydroxylation is 1. The lowest BCUT2D eigenvalue weighted by Crippen LogP contribution is -1.96. The molecule has 0 bridgehead atoms. The van der Waals surface area contributed by atoms with Gasteiger partial charge in [-0.15, -0.1) is 11.8 Å². The number of thioether (sulfide) groups is 1. The van der Waals surface area contributed by atoms with Crippen LogP contribution in [-0.4, -0.2) is 21.2 Å². The summed E-state index contributed by atoms with van der Waals surface area (Å²) in [6, 6.07) is 6.17. The van der Waals surface area contributed by atoms with E-state index in [0.717, 1.165) is 4.90 Å². The third-order valence-corrected chi connectivity index (χ3v) is 3.48. The third-order valence-electron chi connectivity index (χ3n) is 2.47. The van der Waals surface area contributed by atoms with Crippen molar-refractivity contribution in [3.63, 3.8) is 0 Å². The normalized spacial score (nSPS) is 10.7. The van der Waals surface area contributed by atoms with Crippen molar-refractivity contribution in [3.8, 4) is 0 Å². The maximum absolute atomic E-state index is 12.7. The zero-order valence-corrected chi connectivity index (χ0v) is 11.4. The van der Waals surface area contributed by atoms with Gasteiger partial charge < -0.3 is 9.63 Å². The summed E-state index contributed by atoms with van der Waals surface area (Å²) in [5, 5.41) is 12.3. The largest absolute Gasteiger partial charge is 0.481 e.